The topological polar surface area (TPSA) is 72.9 Å². The zero-order valence-electron chi connectivity index (χ0n) is 16.6. The summed E-state index contributed by atoms with van der Waals surface area (Å²) in [7, 11) is 0. The largest absolute Gasteiger partial charge is 0.352 e. The van der Waals surface area contributed by atoms with Crippen LogP contribution in [-0.2, 0) is 17.9 Å². The first kappa shape index (κ1) is 19.6. The summed E-state index contributed by atoms with van der Waals surface area (Å²) < 4.78 is 2.02. The average Bonchev–Trinajstić information content (AvgIpc) is 2.94. The molecule has 5 heteroatoms. The van der Waals surface area contributed by atoms with Crippen LogP contribution in [-0.4, -0.2) is 22.2 Å². The van der Waals surface area contributed by atoms with E-state index in [1.165, 1.54) is 24.8 Å². The minimum atomic E-state index is 0.00388. The predicted molar refractivity (Wildman–Crippen MR) is 108 cm³/mol. The minimum absolute atomic E-state index is 0.00388. The maximum Gasteiger partial charge on any atom is 0.220 e. The number of aromatic nitrogens is 2. The molecule has 5 nitrogen and oxygen atoms in total. The Labute approximate surface area is 162 Å². The van der Waals surface area contributed by atoms with E-state index in [4.69, 9.17) is 5.73 Å². The molecular weight excluding hydrogens is 336 g/mol. The van der Waals surface area contributed by atoms with Gasteiger partial charge in [0.05, 0.1) is 12.2 Å². The van der Waals surface area contributed by atoms with Crippen LogP contribution in [0.2, 0.25) is 0 Å². The highest BCUT2D eigenvalue weighted by atomic mass is 16.1. The summed E-state index contributed by atoms with van der Waals surface area (Å²) in [4.78, 5) is 12.6. The molecular formula is C22H32N4O. The van der Waals surface area contributed by atoms with E-state index < -0.39 is 0 Å². The van der Waals surface area contributed by atoms with Gasteiger partial charge in [-0.05, 0) is 44.2 Å². The van der Waals surface area contributed by atoms with Gasteiger partial charge < -0.3 is 11.1 Å². The van der Waals surface area contributed by atoms with Crippen molar-refractivity contribution in [2.24, 2.45) is 11.1 Å². The fourth-order valence-corrected chi connectivity index (χ4v) is 4.25. The lowest BCUT2D eigenvalue weighted by molar-refractivity contribution is -0.124. The summed E-state index contributed by atoms with van der Waals surface area (Å²) in [6, 6.07) is 10.3. The molecule has 1 fully saturated rings. The quantitative estimate of drug-likeness (QED) is 0.786. The van der Waals surface area contributed by atoms with Crippen molar-refractivity contribution in [1.29, 1.82) is 0 Å². The third-order valence-corrected chi connectivity index (χ3v) is 6.05. The zero-order valence-corrected chi connectivity index (χ0v) is 16.6. The molecule has 1 aromatic heterocycles. The molecule has 0 radical (unpaired) electrons. The van der Waals surface area contributed by atoms with Gasteiger partial charge in [-0.2, -0.15) is 5.10 Å². The van der Waals surface area contributed by atoms with Crippen LogP contribution in [0.4, 0.5) is 0 Å². The van der Waals surface area contributed by atoms with E-state index in [0.717, 1.165) is 36.3 Å². The first-order valence-corrected chi connectivity index (χ1v) is 10.1. The van der Waals surface area contributed by atoms with Crippen molar-refractivity contribution in [3.63, 3.8) is 0 Å². The molecule has 0 atom stereocenters. The second kappa shape index (κ2) is 8.70. The van der Waals surface area contributed by atoms with Gasteiger partial charge in [0.1, 0.15) is 0 Å². The summed E-state index contributed by atoms with van der Waals surface area (Å²) in [6.07, 6.45) is 6.33. The third kappa shape index (κ3) is 4.78. The lowest BCUT2D eigenvalue weighted by Crippen LogP contribution is -2.38. The molecule has 0 bridgehead atoms. The molecule has 1 aliphatic carbocycles. The Morgan fingerprint density at radius 1 is 1.19 bits per heavy atom. The number of nitrogens with one attached hydrogen (secondary N) is 1. The van der Waals surface area contributed by atoms with Crippen LogP contribution in [0.5, 0.6) is 0 Å². The van der Waals surface area contributed by atoms with Gasteiger partial charge in [0, 0.05) is 24.2 Å². The van der Waals surface area contributed by atoms with Gasteiger partial charge in [0.2, 0.25) is 5.91 Å². The number of aryl methyl sites for hydroxylation is 1. The molecule has 146 valence electrons. The Morgan fingerprint density at radius 2 is 1.89 bits per heavy atom. The zero-order chi connectivity index (χ0) is 19.3. The van der Waals surface area contributed by atoms with E-state index in [-0.39, 0.29) is 11.3 Å². The molecule has 1 saturated carbocycles. The van der Waals surface area contributed by atoms with E-state index >= 15 is 0 Å². The fraction of sp³-hybridized carbons (Fsp3) is 0.545. The molecule has 3 N–H and O–H groups in total. The molecule has 0 spiro atoms. The van der Waals surface area contributed by atoms with E-state index in [2.05, 4.69) is 29.5 Å². The van der Waals surface area contributed by atoms with Crippen LogP contribution < -0.4 is 11.1 Å². The molecule has 0 saturated heterocycles. The standard InChI is InChI=1S/C22H32N4O/c1-17-20(18(2)26(25-17)15-19-9-5-3-6-10-19)14-24-21(27)13-22(16-23)11-7-4-8-12-22/h3,5-6,9-10H,4,7-8,11-16,23H2,1-2H3,(H,24,27). The number of benzene rings is 1. The van der Waals surface area contributed by atoms with Crippen molar-refractivity contribution in [3.8, 4) is 0 Å². The number of carbonyl (C=O) groups excluding carboxylic acids is 1. The Kier molecular flexibility index (Phi) is 6.32. The van der Waals surface area contributed by atoms with Gasteiger partial charge in [-0.1, -0.05) is 49.6 Å². The molecule has 1 aliphatic rings. The van der Waals surface area contributed by atoms with Gasteiger partial charge in [0.15, 0.2) is 0 Å². The van der Waals surface area contributed by atoms with Crippen molar-refractivity contribution in [1.82, 2.24) is 15.1 Å². The van der Waals surface area contributed by atoms with E-state index in [1.807, 2.05) is 29.8 Å². The Balaban J connectivity index is 1.61. The van der Waals surface area contributed by atoms with Crippen LogP contribution in [0.15, 0.2) is 30.3 Å². The summed E-state index contributed by atoms with van der Waals surface area (Å²) in [5.74, 6) is 0.108. The Morgan fingerprint density at radius 3 is 2.56 bits per heavy atom. The first-order chi connectivity index (χ1) is 13.0. The lowest BCUT2D eigenvalue weighted by Gasteiger charge is -2.35. The lowest BCUT2D eigenvalue weighted by atomic mass is 9.71. The number of nitrogens with two attached hydrogens (primary N) is 1. The van der Waals surface area contributed by atoms with Gasteiger partial charge in [-0.15, -0.1) is 0 Å². The monoisotopic (exact) mass is 368 g/mol. The SMILES string of the molecule is Cc1nn(Cc2ccccc2)c(C)c1CNC(=O)CC1(CN)CCCCC1. The maximum atomic E-state index is 12.6. The molecule has 3 rings (SSSR count). The van der Waals surface area contributed by atoms with Gasteiger partial charge >= 0.3 is 0 Å². The number of hydrogen-bond acceptors (Lipinski definition) is 3. The van der Waals surface area contributed by atoms with Crippen LogP contribution in [0.1, 0.15) is 61.0 Å². The average molecular weight is 369 g/mol. The number of rotatable bonds is 7. The smallest absolute Gasteiger partial charge is 0.220 e. The van der Waals surface area contributed by atoms with Crippen molar-refractivity contribution in [2.45, 2.75) is 65.5 Å². The fourth-order valence-electron chi connectivity index (χ4n) is 4.25. The van der Waals surface area contributed by atoms with Crippen molar-refractivity contribution >= 4 is 5.91 Å². The molecule has 0 unspecified atom stereocenters. The predicted octanol–water partition coefficient (Wildman–Crippen LogP) is 3.46. The highest BCUT2D eigenvalue weighted by molar-refractivity contribution is 5.76. The van der Waals surface area contributed by atoms with E-state index in [0.29, 0.717) is 19.5 Å². The molecule has 27 heavy (non-hydrogen) atoms. The highest BCUT2D eigenvalue weighted by Crippen LogP contribution is 2.38. The summed E-state index contributed by atoms with van der Waals surface area (Å²) in [6.45, 7) is 5.97. The summed E-state index contributed by atoms with van der Waals surface area (Å²) in [5.41, 5.74) is 10.5. The molecule has 1 heterocycles. The second-order valence-electron chi connectivity index (χ2n) is 8.01. The minimum Gasteiger partial charge on any atom is -0.352 e. The van der Waals surface area contributed by atoms with E-state index in [9.17, 15) is 4.79 Å². The first-order valence-electron chi connectivity index (χ1n) is 10.1. The molecule has 0 aliphatic heterocycles. The van der Waals surface area contributed by atoms with Crippen molar-refractivity contribution in [2.75, 3.05) is 6.54 Å². The van der Waals surface area contributed by atoms with Gasteiger partial charge in [-0.25, -0.2) is 0 Å². The van der Waals surface area contributed by atoms with Crippen molar-refractivity contribution < 1.29 is 4.79 Å². The highest BCUT2D eigenvalue weighted by Gasteiger charge is 2.32. The normalized spacial score (nSPS) is 16.3. The van der Waals surface area contributed by atoms with Gasteiger partial charge in [0.25, 0.3) is 0 Å². The van der Waals surface area contributed by atoms with E-state index in [1.54, 1.807) is 0 Å². The van der Waals surface area contributed by atoms with Gasteiger partial charge in [-0.3, -0.25) is 9.48 Å². The molecule has 1 amide bonds. The number of nitrogens with zero attached hydrogens (tertiary/aromatic N) is 2. The summed E-state index contributed by atoms with van der Waals surface area (Å²) in [5, 5.41) is 7.79. The Hall–Kier alpha value is -2.14. The summed E-state index contributed by atoms with van der Waals surface area (Å²) >= 11 is 0. The molecule has 2 aromatic rings. The van der Waals surface area contributed by atoms with Crippen molar-refractivity contribution in [3.05, 3.63) is 52.8 Å². The Bertz CT molecular complexity index is 760. The third-order valence-electron chi connectivity index (χ3n) is 6.05. The van der Waals surface area contributed by atoms with Crippen LogP contribution in [0.3, 0.4) is 0 Å². The number of hydrogen-bond donors (Lipinski definition) is 2. The number of carbonyl (C=O) groups is 1. The second-order valence-corrected chi connectivity index (χ2v) is 8.01. The van der Waals surface area contributed by atoms with Crippen LogP contribution >= 0.6 is 0 Å². The number of amides is 1. The van der Waals surface area contributed by atoms with Crippen LogP contribution in [0, 0.1) is 19.3 Å². The maximum absolute atomic E-state index is 12.6. The molecule has 1 aromatic carbocycles. The van der Waals surface area contributed by atoms with Crippen LogP contribution in [0.25, 0.3) is 0 Å².